The highest BCUT2D eigenvalue weighted by Crippen LogP contribution is 2.14. The van der Waals surface area contributed by atoms with Crippen LogP contribution in [0.3, 0.4) is 0 Å². The molecule has 2 N–H and O–H groups in total. The molecule has 0 aliphatic rings. The summed E-state index contributed by atoms with van der Waals surface area (Å²) < 4.78 is 30.2. The van der Waals surface area contributed by atoms with E-state index >= 15 is 0 Å². The van der Waals surface area contributed by atoms with E-state index in [0.717, 1.165) is 16.7 Å². The summed E-state index contributed by atoms with van der Waals surface area (Å²) in [5, 5.41) is 12.3. The predicted molar refractivity (Wildman–Crippen MR) is 95.8 cm³/mol. The van der Waals surface area contributed by atoms with Gasteiger partial charge in [-0.05, 0) is 24.6 Å². The lowest BCUT2D eigenvalue weighted by atomic mass is 10.2. The van der Waals surface area contributed by atoms with Crippen LogP contribution in [0, 0.1) is 11.6 Å². The molecule has 0 spiro atoms. The molecular formula is C17H19F2N5O3. The van der Waals surface area contributed by atoms with Crippen molar-refractivity contribution in [3.05, 3.63) is 56.2 Å². The summed E-state index contributed by atoms with van der Waals surface area (Å²) in [7, 11) is 3.07. The zero-order valence-electron chi connectivity index (χ0n) is 15.0. The van der Waals surface area contributed by atoms with Crippen molar-refractivity contribution >= 4 is 17.1 Å². The monoisotopic (exact) mass is 379 g/mol. The first-order chi connectivity index (χ1) is 12.7. The fraction of sp³-hybridized carbons (Fsp3) is 0.353. The number of aliphatic hydroxyl groups excluding tert-OH is 1. The lowest BCUT2D eigenvalue weighted by molar-refractivity contribution is 0.208. The molecule has 0 amide bonds. The van der Waals surface area contributed by atoms with Crippen LogP contribution in [0.5, 0.6) is 0 Å². The second-order valence-corrected chi connectivity index (χ2v) is 6.38. The number of benzene rings is 1. The summed E-state index contributed by atoms with van der Waals surface area (Å²) in [6, 6.07) is 3.21. The molecule has 3 aromatic rings. The summed E-state index contributed by atoms with van der Waals surface area (Å²) in [5.41, 5.74) is -0.590. The molecule has 2 aromatic heterocycles. The summed E-state index contributed by atoms with van der Waals surface area (Å²) in [6.07, 6.45) is -0.626. The van der Waals surface area contributed by atoms with Crippen molar-refractivity contribution in [3.63, 3.8) is 0 Å². The van der Waals surface area contributed by atoms with Crippen LogP contribution in [0.15, 0.2) is 27.8 Å². The van der Waals surface area contributed by atoms with E-state index in [-0.39, 0.29) is 29.8 Å². The Morgan fingerprint density at radius 2 is 1.89 bits per heavy atom. The van der Waals surface area contributed by atoms with E-state index in [4.69, 9.17) is 0 Å². The molecule has 0 fully saturated rings. The van der Waals surface area contributed by atoms with Gasteiger partial charge >= 0.3 is 5.69 Å². The maximum absolute atomic E-state index is 13.4. The Morgan fingerprint density at radius 3 is 2.52 bits per heavy atom. The first kappa shape index (κ1) is 18.8. The molecule has 0 aliphatic carbocycles. The second-order valence-electron chi connectivity index (χ2n) is 6.38. The van der Waals surface area contributed by atoms with Crippen molar-refractivity contribution in [2.24, 2.45) is 14.1 Å². The molecule has 10 heteroatoms. The Bertz CT molecular complexity index is 1130. The SMILES string of the molecule is C[C@H](O)CNc1nc2c(c(=O)n(Cc3ccc(F)c(F)c3)c(=O)n2C)n1C. The number of hydrogen-bond donors (Lipinski definition) is 2. The van der Waals surface area contributed by atoms with Crippen molar-refractivity contribution in [2.45, 2.75) is 19.6 Å². The smallest absolute Gasteiger partial charge is 0.332 e. The molecular weight excluding hydrogens is 360 g/mol. The first-order valence-corrected chi connectivity index (χ1v) is 8.22. The zero-order valence-corrected chi connectivity index (χ0v) is 15.0. The van der Waals surface area contributed by atoms with Crippen LogP contribution in [-0.2, 0) is 20.6 Å². The summed E-state index contributed by atoms with van der Waals surface area (Å²) in [5.74, 6) is -1.73. The number of nitrogens with one attached hydrogen (secondary N) is 1. The molecule has 1 aromatic carbocycles. The molecule has 1 atom stereocenters. The molecule has 0 aliphatic heterocycles. The number of fused-ring (bicyclic) bond motifs is 1. The van der Waals surface area contributed by atoms with Gasteiger partial charge in [-0.25, -0.2) is 13.6 Å². The standard InChI is InChI=1S/C17H19F2N5O3/c1-9(25)7-20-16-21-14-13(22(16)2)15(26)24(17(27)23(14)3)8-10-4-5-11(18)12(19)6-10/h4-6,9,25H,7-8H2,1-3H3,(H,20,21)/t9-/m0/s1. The number of rotatable bonds is 5. The van der Waals surface area contributed by atoms with Crippen LogP contribution >= 0.6 is 0 Å². The quantitative estimate of drug-likeness (QED) is 0.675. The maximum atomic E-state index is 13.4. The van der Waals surface area contributed by atoms with Crippen LogP contribution < -0.4 is 16.6 Å². The number of hydrogen-bond acceptors (Lipinski definition) is 5. The molecule has 0 saturated carbocycles. The second kappa shape index (κ2) is 6.95. The Kier molecular flexibility index (Phi) is 4.83. The summed E-state index contributed by atoms with van der Waals surface area (Å²) >= 11 is 0. The highest BCUT2D eigenvalue weighted by molar-refractivity contribution is 5.74. The fourth-order valence-corrected chi connectivity index (χ4v) is 2.80. The van der Waals surface area contributed by atoms with E-state index in [1.807, 2.05) is 0 Å². The van der Waals surface area contributed by atoms with Gasteiger partial charge in [0.05, 0.1) is 12.6 Å². The Balaban J connectivity index is 2.14. The molecule has 144 valence electrons. The van der Waals surface area contributed by atoms with Gasteiger partial charge in [0.2, 0.25) is 5.95 Å². The highest BCUT2D eigenvalue weighted by atomic mass is 19.2. The van der Waals surface area contributed by atoms with Crippen LogP contribution in [0.1, 0.15) is 12.5 Å². The molecule has 3 rings (SSSR count). The first-order valence-electron chi connectivity index (χ1n) is 8.22. The van der Waals surface area contributed by atoms with E-state index in [1.165, 1.54) is 22.2 Å². The van der Waals surface area contributed by atoms with Crippen molar-refractivity contribution in [3.8, 4) is 0 Å². The molecule has 0 saturated heterocycles. The minimum Gasteiger partial charge on any atom is -0.392 e. The van der Waals surface area contributed by atoms with Crippen LogP contribution in [-0.4, -0.2) is 36.4 Å². The molecule has 8 nitrogen and oxygen atoms in total. The third kappa shape index (κ3) is 3.35. The van der Waals surface area contributed by atoms with Gasteiger partial charge in [0.25, 0.3) is 5.56 Å². The van der Waals surface area contributed by atoms with Crippen molar-refractivity contribution in [2.75, 3.05) is 11.9 Å². The van der Waals surface area contributed by atoms with Gasteiger partial charge in [0.15, 0.2) is 22.8 Å². The minimum absolute atomic E-state index is 0.174. The van der Waals surface area contributed by atoms with E-state index in [2.05, 4.69) is 10.3 Å². The number of aryl methyl sites for hydroxylation is 2. The van der Waals surface area contributed by atoms with E-state index in [9.17, 15) is 23.5 Å². The van der Waals surface area contributed by atoms with Gasteiger partial charge in [-0.15, -0.1) is 0 Å². The van der Waals surface area contributed by atoms with Crippen molar-refractivity contribution < 1.29 is 13.9 Å². The minimum atomic E-state index is -1.05. The zero-order chi connectivity index (χ0) is 19.9. The average molecular weight is 379 g/mol. The predicted octanol–water partition coefficient (Wildman–Crippen LogP) is 0.553. The maximum Gasteiger partial charge on any atom is 0.332 e. The highest BCUT2D eigenvalue weighted by Gasteiger charge is 2.19. The fourth-order valence-electron chi connectivity index (χ4n) is 2.80. The van der Waals surface area contributed by atoms with Crippen LogP contribution in [0.2, 0.25) is 0 Å². The third-order valence-electron chi connectivity index (χ3n) is 4.24. The number of halogens is 2. The normalized spacial score (nSPS) is 12.5. The van der Waals surface area contributed by atoms with Crippen molar-refractivity contribution in [1.82, 2.24) is 18.7 Å². The number of nitrogens with zero attached hydrogens (tertiary/aromatic N) is 4. The van der Waals surface area contributed by atoms with Crippen LogP contribution in [0.25, 0.3) is 11.2 Å². The topological polar surface area (TPSA) is 94.1 Å². The van der Waals surface area contributed by atoms with E-state index < -0.39 is 29.0 Å². The number of aliphatic hydroxyl groups is 1. The lowest BCUT2D eigenvalue weighted by Gasteiger charge is -2.09. The Morgan fingerprint density at radius 1 is 1.19 bits per heavy atom. The lowest BCUT2D eigenvalue weighted by Crippen LogP contribution is -2.39. The molecule has 0 bridgehead atoms. The van der Waals surface area contributed by atoms with Gasteiger partial charge in [-0.2, -0.15) is 4.98 Å². The molecule has 27 heavy (non-hydrogen) atoms. The van der Waals surface area contributed by atoms with E-state index in [0.29, 0.717) is 5.95 Å². The van der Waals surface area contributed by atoms with Gasteiger partial charge in [-0.1, -0.05) is 6.07 Å². The van der Waals surface area contributed by atoms with Gasteiger partial charge in [0.1, 0.15) is 0 Å². The number of imidazole rings is 1. The average Bonchev–Trinajstić information content (AvgIpc) is 2.95. The van der Waals surface area contributed by atoms with Gasteiger partial charge in [-0.3, -0.25) is 13.9 Å². The third-order valence-corrected chi connectivity index (χ3v) is 4.24. The van der Waals surface area contributed by atoms with Gasteiger partial charge < -0.3 is 15.0 Å². The van der Waals surface area contributed by atoms with Crippen molar-refractivity contribution in [1.29, 1.82) is 0 Å². The largest absolute Gasteiger partial charge is 0.392 e. The summed E-state index contributed by atoms with van der Waals surface area (Å²) in [6.45, 7) is 1.61. The van der Waals surface area contributed by atoms with Gasteiger partial charge in [0, 0.05) is 20.6 Å². The Labute approximate surface area is 152 Å². The van der Waals surface area contributed by atoms with E-state index in [1.54, 1.807) is 14.0 Å². The Hall–Kier alpha value is -3.01. The molecule has 0 unspecified atom stereocenters. The molecule has 2 heterocycles. The summed E-state index contributed by atoms with van der Waals surface area (Å²) in [4.78, 5) is 29.7. The van der Waals surface area contributed by atoms with Crippen LogP contribution in [0.4, 0.5) is 14.7 Å². The molecule has 0 radical (unpaired) electrons. The number of aromatic nitrogens is 4. The number of anilines is 1.